The Morgan fingerprint density at radius 1 is 1.67 bits per heavy atom. The third-order valence-electron chi connectivity index (χ3n) is 2.42. The van der Waals surface area contributed by atoms with E-state index >= 15 is 0 Å². The second-order valence-electron chi connectivity index (χ2n) is 3.89. The summed E-state index contributed by atoms with van der Waals surface area (Å²) in [6, 6.07) is 4.71. The van der Waals surface area contributed by atoms with E-state index in [2.05, 4.69) is 22.1 Å². The van der Waals surface area contributed by atoms with Gasteiger partial charge >= 0.3 is 0 Å². The molecule has 0 heterocycles. The van der Waals surface area contributed by atoms with Crippen molar-refractivity contribution in [1.29, 1.82) is 0 Å². The number of anilines is 1. The van der Waals surface area contributed by atoms with Gasteiger partial charge in [-0.05, 0) is 30.7 Å². The molecular weight excluding hydrogens is 237 g/mol. The molecule has 0 fully saturated rings. The molecule has 18 heavy (non-hydrogen) atoms. The first-order chi connectivity index (χ1) is 8.58. The number of rotatable bonds is 7. The molecular formula is C12H16FN3O2. The lowest BCUT2D eigenvalue weighted by molar-refractivity contribution is 0.0704. The zero-order valence-electron chi connectivity index (χ0n) is 10.1. The van der Waals surface area contributed by atoms with Gasteiger partial charge in [0.25, 0.3) is 0 Å². The van der Waals surface area contributed by atoms with Crippen LogP contribution in [0.4, 0.5) is 10.1 Å². The van der Waals surface area contributed by atoms with E-state index in [0.717, 1.165) is 0 Å². The zero-order valence-corrected chi connectivity index (χ0v) is 10.1. The lowest BCUT2D eigenvalue weighted by Gasteiger charge is -2.13. The highest BCUT2D eigenvalue weighted by molar-refractivity contribution is 5.64. The van der Waals surface area contributed by atoms with Crippen molar-refractivity contribution in [3.05, 3.63) is 41.1 Å². The van der Waals surface area contributed by atoms with Gasteiger partial charge in [-0.2, -0.15) is 0 Å². The van der Waals surface area contributed by atoms with Crippen LogP contribution in [0.15, 0.2) is 30.1 Å². The van der Waals surface area contributed by atoms with Gasteiger partial charge < -0.3 is 15.9 Å². The number of hydrogen-bond acceptors (Lipinski definition) is 5. The fraction of sp³-hybridized carbons (Fsp3) is 0.333. The summed E-state index contributed by atoms with van der Waals surface area (Å²) in [6.45, 7) is 5.84. The second kappa shape index (κ2) is 6.70. The molecule has 0 amide bonds. The van der Waals surface area contributed by atoms with Crippen molar-refractivity contribution in [3.8, 4) is 0 Å². The van der Waals surface area contributed by atoms with Gasteiger partial charge in [0.2, 0.25) is 0 Å². The highest BCUT2D eigenvalue weighted by Crippen LogP contribution is 2.20. The van der Waals surface area contributed by atoms with Crippen LogP contribution in [0.25, 0.3) is 5.57 Å². The van der Waals surface area contributed by atoms with Crippen LogP contribution in [0.5, 0.6) is 0 Å². The topological polar surface area (TPSA) is 76.7 Å². The van der Waals surface area contributed by atoms with Gasteiger partial charge in [-0.3, -0.25) is 0 Å². The van der Waals surface area contributed by atoms with Crippen LogP contribution in [0.3, 0.4) is 0 Å². The van der Waals surface area contributed by atoms with Crippen LogP contribution in [0.2, 0.25) is 0 Å². The molecule has 98 valence electrons. The number of nitrogens with one attached hydrogen (secondary N) is 1. The first-order valence-electron chi connectivity index (χ1n) is 5.46. The van der Waals surface area contributed by atoms with Crippen LogP contribution in [0.1, 0.15) is 12.5 Å². The van der Waals surface area contributed by atoms with Crippen molar-refractivity contribution in [2.24, 2.45) is 11.1 Å². The van der Waals surface area contributed by atoms with Crippen LogP contribution in [0, 0.1) is 10.7 Å². The summed E-state index contributed by atoms with van der Waals surface area (Å²) in [6.07, 6.45) is -0.536. The van der Waals surface area contributed by atoms with Crippen LogP contribution in [-0.2, 0) is 4.84 Å². The molecule has 5 nitrogen and oxygen atoms in total. The largest absolute Gasteiger partial charge is 0.381 e. The van der Waals surface area contributed by atoms with Crippen LogP contribution >= 0.6 is 0 Å². The standard InChI is InChI=1S/C12H16FN3O2/c1-8(2)11-4-3-9(5-12(11)13)15-7-10(6-14)18-16-17/h3-5,10,15H,1,6-7,14H2,2H3. The molecule has 0 aliphatic carbocycles. The Bertz CT molecular complexity index is 437. The Labute approximate surface area is 105 Å². The summed E-state index contributed by atoms with van der Waals surface area (Å²) in [5.41, 5.74) is 7.08. The minimum absolute atomic E-state index is 0.144. The quantitative estimate of drug-likeness (QED) is 0.577. The molecule has 1 unspecified atom stereocenters. The fourth-order valence-electron chi connectivity index (χ4n) is 1.43. The maximum atomic E-state index is 13.6. The van der Waals surface area contributed by atoms with E-state index in [4.69, 9.17) is 5.73 Å². The third kappa shape index (κ3) is 3.81. The van der Waals surface area contributed by atoms with Crippen molar-refractivity contribution in [2.45, 2.75) is 13.0 Å². The van der Waals surface area contributed by atoms with Crippen molar-refractivity contribution in [3.63, 3.8) is 0 Å². The molecule has 1 atom stereocenters. The van der Waals surface area contributed by atoms with Crippen molar-refractivity contribution in [1.82, 2.24) is 0 Å². The van der Waals surface area contributed by atoms with Crippen molar-refractivity contribution in [2.75, 3.05) is 18.4 Å². The Morgan fingerprint density at radius 2 is 2.39 bits per heavy atom. The predicted molar refractivity (Wildman–Crippen MR) is 69.3 cm³/mol. The van der Waals surface area contributed by atoms with E-state index in [-0.39, 0.29) is 18.9 Å². The lowest BCUT2D eigenvalue weighted by atomic mass is 10.1. The summed E-state index contributed by atoms with van der Waals surface area (Å²) in [7, 11) is 0. The maximum absolute atomic E-state index is 13.6. The molecule has 6 heteroatoms. The van der Waals surface area contributed by atoms with Gasteiger partial charge in [-0.1, -0.05) is 6.58 Å². The van der Waals surface area contributed by atoms with E-state index < -0.39 is 6.10 Å². The lowest BCUT2D eigenvalue weighted by Crippen LogP contribution is -2.29. The van der Waals surface area contributed by atoms with Crippen molar-refractivity contribution < 1.29 is 9.23 Å². The molecule has 3 N–H and O–H groups in total. The van der Waals surface area contributed by atoms with Crippen LogP contribution in [-0.4, -0.2) is 19.2 Å². The predicted octanol–water partition coefficient (Wildman–Crippen LogP) is 2.30. The summed E-state index contributed by atoms with van der Waals surface area (Å²) >= 11 is 0. The zero-order chi connectivity index (χ0) is 13.5. The van der Waals surface area contributed by atoms with E-state index in [1.54, 1.807) is 19.1 Å². The van der Waals surface area contributed by atoms with Gasteiger partial charge in [0.1, 0.15) is 5.82 Å². The molecule has 0 saturated heterocycles. The third-order valence-corrected chi connectivity index (χ3v) is 2.42. The van der Waals surface area contributed by atoms with Gasteiger partial charge in [-0.25, -0.2) is 4.39 Å². The van der Waals surface area contributed by atoms with E-state index in [9.17, 15) is 9.30 Å². The normalized spacial score (nSPS) is 11.7. The summed E-state index contributed by atoms with van der Waals surface area (Å²) in [5, 5.41) is 5.23. The molecule has 0 bridgehead atoms. The smallest absolute Gasteiger partial charge is 0.160 e. The molecule has 1 aromatic rings. The minimum atomic E-state index is -0.536. The molecule has 0 saturated carbocycles. The SMILES string of the molecule is C=C(C)c1ccc(NCC(CN)ON=O)cc1F. The monoisotopic (exact) mass is 253 g/mol. The highest BCUT2D eigenvalue weighted by Gasteiger charge is 2.09. The van der Waals surface area contributed by atoms with Gasteiger partial charge in [0, 0.05) is 17.8 Å². The minimum Gasteiger partial charge on any atom is -0.381 e. The average molecular weight is 253 g/mol. The maximum Gasteiger partial charge on any atom is 0.160 e. The number of nitrogens with two attached hydrogens (primary N) is 1. The first kappa shape index (κ1) is 14.1. The molecule has 0 radical (unpaired) electrons. The molecule has 0 aliphatic rings. The van der Waals surface area contributed by atoms with Crippen LogP contribution < -0.4 is 11.1 Å². The second-order valence-corrected chi connectivity index (χ2v) is 3.89. The molecule has 1 rings (SSSR count). The van der Waals surface area contributed by atoms with E-state index in [0.29, 0.717) is 16.8 Å². The average Bonchev–Trinajstić information content (AvgIpc) is 2.34. The Balaban J connectivity index is 2.66. The fourth-order valence-corrected chi connectivity index (χ4v) is 1.43. The molecule has 0 aromatic heterocycles. The van der Waals surface area contributed by atoms with Crippen molar-refractivity contribution >= 4 is 11.3 Å². The van der Waals surface area contributed by atoms with Gasteiger partial charge in [0.15, 0.2) is 11.4 Å². The Morgan fingerprint density at radius 3 is 2.89 bits per heavy atom. The Hall–Kier alpha value is -1.95. The van der Waals surface area contributed by atoms with Gasteiger partial charge in [0.05, 0.1) is 6.54 Å². The van der Waals surface area contributed by atoms with E-state index in [1.807, 2.05) is 0 Å². The molecule has 0 spiro atoms. The highest BCUT2D eigenvalue weighted by atomic mass is 19.1. The number of hydrogen-bond donors (Lipinski definition) is 2. The summed E-state index contributed by atoms with van der Waals surface area (Å²) in [4.78, 5) is 14.4. The van der Waals surface area contributed by atoms with Gasteiger partial charge in [-0.15, -0.1) is 4.91 Å². The summed E-state index contributed by atoms with van der Waals surface area (Å²) in [5.74, 6) is -0.355. The van der Waals surface area contributed by atoms with E-state index in [1.165, 1.54) is 6.07 Å². The number of allylic oxidation sites excluding steroid dienone is 1. The molecule has 0 aliphatic heterocycles. The number of nitrogens with zero attached hydrogens (tertiary/aromatic N) is 1. The Kier molecular flexibility index (Phi) is 5.26. The number of benzene rings is 1. The molecule has 1 aromatic carbocycles. The number of halogens is 1. The summed E-state index contributed by atoms with van der Waals surface area (Å²) < 4.78 is 13.6. The first-order valence-corrected chi connectivity index (χ1v) is 5.46.